The molecule has 7 heteroatoms. The van der Waals surface area contributed by atoms with Crippen LogP contribution in [0.15, 0.2) is 24.3 Å². The maximum absolute atomic E-state index is 12.1. The van der Waals surface area contributed by atoms with Gasteiger partial charge in [0.15, 0.2) is 0 Å². The minimum atomic E-state index is -5.16. The fraction of sp³-hybridized carbons (Fsp3) is 0.619. The molecule has 28 heavy (non-hydrogen) atoms. The van der Waals surface area contributed by atoms with E-state index in [0.29, 0.717) is 12.6 Å². The topological polar surface area (TPSA) is 55.4 Å². The predicted molar refractivity (Wildman–Crippen MR) is 99.4 cm³/mol. The second kappa shape index (κ2) is 10.6. The fourth-order valence-electron chi connectivity index (χ4n) is 3.71. The van der Waals surface area contributed by atoms with E-state index < -0.39 is 18.1 Å². The monoisotopic (exact) mass is 399 g/mol. The normalized spacial score (nSPS) is 16.6. The van der Waals surface area contributed by atoms with Crippen molar-refractivity contribution in [2.75, 3.05) is 0 Å². The number of ether oxygens (including phenoxy) is 1. The number of benzene rings is 1. The van der Waals surface area contributed by atoms with E-state index in [1.165, 1.54) is 32.1 Å². The second-order valence-corrected chi connectivity index (χ2v) is 7.55. The zero-order valence-corrected chi connectivity index (χ0v) is 16.2. The van der Waals surface area contributed by atoms with E-state index in [2.05, 4.69) is 17.0 Å². The van der Waals surface area contributed by atoms with E-state index in [9.17, 15) is 22.8 Å². The van der Waals surface area contributed by atoms with Crippen LogP contribution in [0.25, 0.3) is 0 Å². The largest absolute Gasteiger partial charge is 0.491 e. The Morgan fingerprint density at radius 2 is 1.79 bits per heavy atom. The first kappa shape index (κ1) is 22.4. The summed E-state index contributed by atoms with van der Waals surface area (Å²) in [6.45, 7) is 2.79. The molecule has 1 aromatic carbocycles. The van der Waals surface area contributed by atoms with Crippen LogP contribution < -0.4 is 5.32 Å². The maximum atomic E-state index is 12.1. The third kappa shape index (κ3) is 7.62. The maximum Gasteiger partial charge on any atom is 0.491 e. The zero-order chi connectivity index (χ0) is 20.6. The Kier molecular flexibility index (Phi) is 8.48. The third-order valence-electron chi connectivity index (χ3n) is 5.21. The first-order chi connectivity index (χ1) is 13.3. The van der Waals surface area contributed by atoms with Crippen molar-refractivity contribution in [2.24, 2.45) is 5.92 Å². The van der Waals surface area contributed by atoms with E-state index in [-0.39, 0.29) is 12.8 Å². The molecular weight excluding hydrogens is 371 g/mol. The van der Waals surface area contributed by atoms with Crippen molar-refractivity contribution in [3.63, 3.8) is 0 Å². The van der Waals surface area contributed by atoms with E-state index >= 15 is 0 Å². The van der Waals surface area contributed by atoms with E-state index in [1.807, 2.05) is 24.3 Å². The fourth-order valence-corrected chi connectivity index (χ4v) is 3.71. The summed E-state index contributed by atoms with van der Waals surface area (Å²) >= 11 is 0. The summed E-state index contributed by atoms with van der Waals surface area (Å²) in [4.78, 5) is 22.2. The predicted octanol–water partition coefficient (Wildman–Crippen LogP) is 4.70. The highest BCUT2D eigenvalue weighted by atomic mass is 19.4. The average Bonchev–Trinajstić information content (AvgIpc) is 2.65. The van der Waals surface area contributed by atoms with Gasteiger partial charge in [0.2, 0.25) is 0 Å². The lowest BCUT2D eigenvalue weighted by Gasteiger charge is -2.25. The van der Waals surface area contributed by atoms with Crippen LogP contribution in [0.1, 0.15) is 63.0 Å². The van der Waals surface area contributed by atoms with Gasteiger partial charge in [-0.1, -0.05) is 56.4 Å². The zero-order valence-electron chi connectivity index (χ0n) is 16.2. The number of nitrogens with one attached hydrogen (secondary N) is 1. The number of aryl methyl sites for hydroxylation is 1. The third-order valence-corrected chi connectivity index (χ3v) is 5.21. The molecule has 0 radical (unpaired) electrons. The van der Waals surface area contributed by atoms with Gasteiger partial charge in [-0.2, -0.15) is 13.2 Å². The summed E-state index contributed by atoms with van der Waals surface area (Å²) in [6.07, 6.45) is 2.46. The van der Waals surface area contributed by atoms with Crippen LogP contribution in [-0.2, 0) is 27.3 Å². The van der Waals surface area contributed by atoms with Gasteiger partial charge in [-0.15, -0.1) is 0 Å². The molecule has 1 unspecified atom stereocenters. The molecule has 1 aromatic rings. The van der Waals surface area contributed by atoms with Crippen molar-refractivity contribution in [3.8, 4) is 0 Å². The number of esters is 2. The van der Waals surface area contributed by atoms with E-state index in [0.717, 1.165) is 23.5 Å². The van der Waals surface area contributed by atoms with Crippen LogP contribution in [0, 0.1) is 5.92 Å². The van der Waals surface area contributed by atoms with Crippen LogP contribution in [0.2, 0.25) is 0 Å². The van der Waals surface area contributed by atoms with Crippen LogP contribution in [0.3, 0.4) is 0 Å². The first-order valence-corrected chi connectivity index (χ1v) is 9.87. The highest BCUT2D eigenvalue weighted by Crippen LogP contribution is 2.27. The summed E-state index contributed by atoms with van der Waals surface area (Å²) in [5.41, 5.74) is 1.85. The Balaban J connectivity index is 1.81. The number of carbonyl (C=O) groups excluding carboxylic acids is 2. The van der Waals surface area contributed by atoms with Crippen molar-refractivity contribution >= 4 is 11.9 Å². The molecule has 0 bridgehead atoms. The molecule has 1 atom stereocenters. The average molecular weight is 399 g/mol. The van der Waals surface area contributed by atoms with Crippen LogP contribution in [0.5, 0.6) is 0 Å². The number of alkyl halides is 3. The van der Waals surface area contributed by atoms with Gasteiger partial charge in [-0.25, -0.2) is 4.79 Å². The number of halogens is 3. The van der Waals surface area contributed by atoms with Gasteiger partial charge in [0, 0.05) is 12.6 Å². The molecular formula is C21H28F3NO3. The molecule has 0 saturated heterocycles. The summed E-state index contributed by atoms with van der Waals surface area (Å²) < 4.78 is 40.3. The quantitative estimate of drug-likeness (QED) is 0.509. The van der Waals surface area contributed by atoms with Crippen molar-refractivity contribution < 1.29 is 27.5 Å². The smallest absolute Gasteiger partial charge is 0.386 e. The Morgan fingerprint density at radius 1 is 1.14 bits per heavy atom. The summed E-state index contributed by atoms with van der Waals surface area (Å²) in [6, 6.07) is 7.84. The molecule has 4 nitrogen and oxygen atoms in total. The van der Waals surface area contributed by atoms with Gasteiger partial charge in [0.1, 0.15) is 0 Å². The Bertz CT molecular complexity index is 655. The van der Waals surface area contributed by atoms with Gasteiger partial charge in [0.05, 0.1) is 6.42 Å². The summed E-state index contributed by atoms with van der Waals surface area (Å²) in [5.74, 6) is -2.87. The molecule has 1 aliphatic rings. The van der Waals surface area contributed by atoms with Gasteiger partial charge in [0.25, 0.3) is 0 Å². The van der Waals surface area contributed by atoms with E-state index in [4.69, 9.17) is 0 Å². The number of carbonyl (C=O) groups is 2. The lowest BCUT2D eigenvalue weighted by molar-refractivity contribution is -0.201. The standard InChI is InChI=1S/C21H28F3NO3/c1-15(13-16-7-3-2-4-8-16)25-14-18-10-6-5-9-17(18)11-12-19(26)28-20(27)21(22,23)24/h5-6,9-10,15-16,25H,2-4,7-8,11-14H2,1H3. The molecule has 0 spiro atoms. The molecule has 1 saturated carbocycles. The van der Waals surface area contributed by atoms with Gasteiger partial charge in [-0.3, -0.25) is 4.79 Å². The lowest BCUT2D eigenvalue weighted by Crippen LogP contribution is -2.29. The molecule has 1 aliphatic carbocycles. The van der Waals surface area contributed by atoms with Crippen LogP contribution >= 0.6 is 0 Å². The Hall–Kier alpha value is -1.89. The molecule has 1 fully saturated rings. The van der Waals surface area contributed by atoms with Crippen molar-refractivity contribution in [2.45, 2.75) is 77.1 Å². The van der Waals surface area contributed by atoms with Crippen molar-refractivity contribution in [1.29, 1.82) is 0 Å². The molecule has 0 aliphatic heterocycles. The van der Waals surface area contributed by atoms with Crippen molar-refractivity contribution in [3.05, 3.63) is 35.4 Å². The molecule has 0 amide bonds. The minimum absolute atomic E-state index is 0.221. The minimum Gasteiger partial charge on any atom is -0.386 e. The van der Waals surface area contributed by atoms with Crippen molar-refractivity contribution in [1.82, 2.24) is 5.32 Å². The van der Waals surface area contributed by atoms with E-state index in [1.54, 1.807) is 0 Å². The molecule has 2 rings (SSSR count). The molecule has 1 N–H and O–H groups in total. The van der Waals surface area contributed by atoms with Crippen LogP contribution in [0.4, 0.5) is 13.2 Å². The van der Waals surface area contributed by atoms with Gasteiger partial charge < -0.3 is 10.1 Å². The second-order valence-electron chi connectivity index (χ2n) is 7.55. The molecule has 0 aromatic heterocycles. The number of rotatable bonds is 8. The van der Waals surface area contributed by atoms with Gasteiger partial charge in [-0.05, 0) is 36.8 Å². The summed E-state index contributed by atoms with van der Waals surface area (Å²) in [7, 11) is 0. The number of hydrogen-bond donors (Lipinski definition) is 1. The highest BCUT2D eigenvalue weighted by Gasteiger charge is 2.42. The summed E-state index contributed by atoms with van der Waals surface area (Å²) in [5, 5.41) is 3.51. The molecule has 0 heterocycles. The van der Waals surface area contributed by atoms with Crippen LogP contribution in [-0.4, -0.2) is 24.2 Å². The lowest BCUT2D eigenvalue weighted by atomic mass is 9.85. The Morgan fingerprint density at radius 3 is 2.43 bits per heavy atom. The molecule has 156 valence electrons. The highest BCUT2D eigenvalue weighted by molar-refractivity contribution is 5.88. The SMILES string of the molecule is CC(CC1CCCCC1)NCc1ccccc1CCC(=O)OC(=O)C(F)(F)F. The first-order valence-electron chi connectivity index (χ1n) is 9.87. The Labute approximate surface area is 163 Å². The number of hydrogen-bond acceptors (Lipinski definition) is 4. The van der Waals surface area contributed by atoms with Gasteiger partial charge >= 0.3 is 18.1 Å².